The minimum atomic E-state index is -4.77. The molecule has 3 rings (SSSR count). The predicted molar refractivity (Wildman–Crippen MR) is 114 cm³/mol. The van der Waals surface area contributed by atoms with E-state index in [1.54, 1.807) is 12.1 Å². The van der Waals surface area contributed by atoms with Gasteiger partial charge in [-0.3, -0.25) is 4.79 Å². The third kappa shape index (κ3) is 5.19. The summed E-state index contributed by atoms with van der Waals surface area (Å²) in [5, 5.41) is 2.25. The number of hydrogen-bond donors (Lipinski definition) is 1. The first kappa shape index (κ1) is 24.3. The molecule has 1 aliphatic heterocycles. The summed E-state index contributed by atoms with van der Waals surface area (Å²) in [6.07, 6.45) is -4.30. The molecular weight excluding hydrogens is 469 g/mol. The van der Waals surface area contributed by atoms with Crippen LogP contribution in [0, 0.1) is 12.8 Å². The van der Waals surface area contributed by atoms with E-state index >= 15 is 0 Å². The van der Waals surface area contributed by atoms with Crippen molar-refractivity contribution in [3.63, 3.8) is 0 Å². The number of nitrogens with one attached hydrogen (secondary N) is 1. The first-order chi connectivity index (χ1) is 14.9. The zero-order valence-electron chi connectivity index (χ0n) is 17.4. The number of hydrogen-bond acceptors (Lipinski definition) is 4. The number of nitrogens with zero attached hydrogens (tertiary/aromatic N) is 1. The maximum absolute atomic E-state index is 13.1. The van der Waals surface area contributed by atoms with Gasteiger partial charge in [0.2, 0.25) is 15.9 Å². The molecule has 1 aliphatic rings. The summed E-state index contributed by atoms with van der Waals surface area (Å²) in [5.41, 5.74) is 0.248. The number of methoxy groups -OCH3 is 1. The molecule has 1 amide bonds. The van der Waals surface area contributed by atoms with Gasteiger partial charge in [-0.25, -0.2) is 8.42 Å². The number of rotatable bonds is 5. The monoisotopic (exact) mass is 490 g/mol. The molecule has 1 fully saturated rings. The fourth-order valence-electron chi connectivity index (χ4n) is 3.54. The highest BCUT2D eigenvalue weighted by atomic mass is 35.5. The molecule has 0 spiro atoms. The molecule has 11 heteroatoms. The van der Waals surface area contributed by atoms with E-state index in [4.69, 9.17) is 16.3 Å². The number of aryl methyl sites for hydroxylation is 1. The Kier molecular flexibility index (Phi) is 7.06. The lowest BCUT2D eigenvalue weighted by molar-refractivity contribution is -0.137. The highest BCUT2D eigenvalue weighted by Crippen LogP contribution is 2.37. The molecule has 0 aromatic heterocycles. The first-order valence-corrected chi connectivity index (χ1v) is 11.6. The van der Waals surface area contributed by atoms with E-state index in [-0.39, 0.29) is 31.8 Å². The number of carbonyl (C=O) groups is 1. The fourth-order valence-corrected chi connectivity index (χ4v) is 5.26. The highest BCUT2D eigenvalue weighted by molar-refractivity contribution is 7.89. The second-order valence-corrected chi connectivity index (χ2v) is 9.86. The minimum Gasteiger partial charge on any atom is -0.495 e. The Morgan fingerprint density at radius 2 is 1.81 bits per heavy atom. The quantitative estimate of drug-likeness (QED) is 0.658. The standard InChI is InChI=1S/C21H22ClF3N2O4S/c1-13-3-6-19(31-2)18(11-13)26-20(28)14-7-9-27(10-8-14)32(29,30)15-4-5-17(22)16(12-15)21(23,24)25/h3-6,11-12,14H,7-10H2,1-2H3,(H,26,28). The largest absolute Gasteiger partial charge is 0.495 e. The molecule has 0 radical (unpaired) electrons. The van der Waals surface area contributed by atoms with Gasteiger partial charge in [0.1, 0.15) is 5.75 Å². The van der Waals surface area contributed by atoms with Crippen molar-refractivity contribution in [2.24, 2.45) is 5.92 Å². The van der Waals surface area contributed by atoms with Gasteiger partial charge in [0.25, 0.3) is 0 Å². The number of anilines is 1. The average Bonchev–Trinajstić information content (AvgIpc) is 2.73. The summed E-state index contributed by atoms with van der Waals surface area (Å²) in [7, 11) is -2.67. The highest BCUT2D eigenvalue weighted by Gasteiger charge is 2.37. The normalized spacial score (nSPS) is 16.1. The van der Waals surface area contributed by atoms with Gasteiger partial charge in [0, 0.05) is 19.0 Å². The smallest absolute Gasteiger partial charge is 0.417 e. The fraction of sp³-hybridized carbons (Fsp3) is 0.381. The second kappa shape index (κ2) is 9.29. The van der Waals surface area contributed by atoms with Crippen molar-refractivity contribution in [2.75, 3.05) is 25.5 Å². The van der Waals surface area contributed by atoms with Crippen molar-refractivity contribution < 1.29 is 31.1 Å². The summed E-state index contributed by atoms with van der Waals surface area (Å²) in [4.78, 5) is 12.2. The lowest BCUT2D eigenvalue weighted by Gasteiger charge is -2.30. The SMILES string of the molecule is COc1ccc(C)cc1NC(=O)C1CCN(S(=O)(=O)c2ccc(Cl)c(C(F)(F)F)c2)CC1. The van der Waals surface area contributed by atoms with Crippen molar-refractivity contribution in [1.82, 2.24) is 4.31 Å². The van der Waals surface area contributed by atoms with Crippen LogP contribution in [0.15, 0.2) is 41.3 Å². The average molecular weight is 491 g/mol. The molecular formula is C21H22ClF3N2O4S. The molecule has 0 saturated carbocycles. The third-order valence-corrected chi connectivity index (χ3v) is 7.54. The topological polar surface area (TPSA) is 75.7 Å². The van der Waals surface area contributed by atoms with E-state index in [0.717, 1.165) is 22.0 Å². The van der Waals surface area contributed by atoms with Gasteiger partial charge in [0.15, 0.2) is 0 Å². The number of benzene rings is 2. The van der Waals surface area contributed by atoms with Crippen LogP contribution in [0.1, 0.15) is 24.0 Å². The summed E-state index contributed by atoms with van der Waals surface area (Å²) < 4.78 is 71.4. The molecule has 0 bridgehead atoms. The van der Waals surface area contributed by atoms with Gasteiger partial charge in [-0.2, -0.15) is 17.5 Å². The Balaban J connectivity index is 1.70. The van der Waals surface area contributed by atoms with E-state index in [1.165, 1.54) is 7.11 Å². The molecule has 1 heterocycles. The van der Waals surface area contributed by atoms with Gasteiger partial charge in [-0.05, 0) is 55.7 Å². The Hall–Kier alpha value is -2.30. The summed E-state index contributed by atoms with van der Waals surface area (Å²) in [6, 6.07) is 7.87. The molecule has 0 atom stereocenters. The third-order valence-electron chi connectivity index (χ3n) is 5.32. The number of carbonyl (C=O) groups excluding carboxylic acids is 1. The van der Waals surface area contributed by atoms with Crippen molar-refractivity contribution in [1.29, 1.82) is 0 Å². The number of alkyl halides is 3. The molecule has 1 N–H and O–H groups in total. The molecule has 2 aromatic rings. The van der Waals surface area contributed by atoms with Gasteiger partial charge in [-0.15, -0.1) is 0 Å². The number of sulfonamides is 1. The molecule has 6 nitrogen and oxygen atoms in total. The van der Waals surface area contributed by atoms with Crippen LogP contribution in [0.5, 0.6) is 5.75 Å². The van der Waals surface area contributed by atoms with Crippen molar-refractivity contribution in [2.45, 2.75) is 30.8 Å². The second-order valence-electron chi connectivity index (χ2n) is 7.51. The maximum Gasteiger partial charge on any atom is 0.417 e. The van der Waals surface area contributed by atoms with Gasteiger partial charge >= 0.3 is 6.18 Å². The predicted octanol–water partition coefficient (Wildman–Crippen LogP) is 4.72. The number of amides is 1. The minimum absolute atomic E-state index is 0.00928. The van der Waals surface area contributed by atoms with Crippen LogP contribution in [-0.2, 0) is 21.0 Å². The Morgan fingerprint density at radius 1 is 1.16 bits per heavy atom. The van der Waals surface area contributed by atoms with E-state index < -0.39 is 37.6 Å². The Bertz CT molecular complexity index is 1110. The van der Waals surface area contributed by atoms with Crippen LogP contribution in [0.25, 0.3) is 0 Å². The van der Waals surface area contributed by atoms with Crippen LogP contribution in [0.3, 0.4) is 0 Å². The van der Waals surface area contributed by atoms with Crippen molar-refractivity contribution in [3.8, 4) is 5.75 Å². The molecule has 0 aliphatic carbocycles. The Labute approximate surface area is 189 Å². The van der Waals surface area contributed by atoms with Gasteiger partial charge in [0.05, 0.1) is 28.3 Å². The van der Waals surface area contributed by atoms with Crippen LogP contribution in [0.2, 0.25) is 5.02 Å². The molecule has 174 valence electrons. The maximum atomic E-state index is 13.1. The van der Waals surface area contributed by atoms with E-state index in [2.05, 4.69) is 5.32 Å². The lowest BCUT2D eigenvalue weighted by Crippen LogP contribution is -2.41. The number of halogens is 4. The molecule has 32 heavy (non-hydrogen) atoms. The lowest BCUT2D eigenvalue weighted by atomic mass is 9.97. The summed E-state index contributed by atoms with van der Waals surface area (Å²) in [5.74, 6) is -0.202. The molecule has 0 unspecified atom stereocenters. The van der Waals surface area contributed by atoms with Gasteiger partial charge < -0.3 is 10.1 Å². The van der Waals surface area contributed by atoms with Crippen molar-refractivity contribution >= 4 is 33.2 Å². The number of ether oxygens (including phenoxy) is 1. The van der Waals surface area contributed by atoms with Crippen LogP contribution in [-0.4, -0.2) is 38.8 Å². The Morgan fingerprint density at radius 3 is 2.41 bits per heavy atom. The van der Waals surface area contributed by atoms with Crippen LogP contribution < -0.4 is 10.1 Å². The van der Waals surface area contributed by atoms with Crippen molar-refractivity contribution in [3.05, 3.63) is 52.5 Å². The van der Waals surface area contributed by atoms with E-state index in [9.17, 15) is 26.4 Å². The zero-order valence-corrected chi connectivity index (χ0v) is 18.9. The molecule has 1 saturated heterocycles. The zero-order chi connectivity index (χ0) is 23.7. The molecule has 2 aromatic carbocycles. The first-order valence-electron chi connectivity index (χ1n) is 9.76. The van der Waals surface area contributed by atoms with Crippen LogP contribution in [0.4, 0.5) is 18.9 Å². The summed E-state index contributed by atoms with van der Waals surface area (Å²) >= 11 is 5.59. The van der Waals surface area contributed by atoms with E-state index in [1.807, 2.05) is 13.0 Å². The van der Waals surface area contributed by atoms with E-state index in [0.29, 0.717) is 17.5 Å². The van der Waals surface area contributed by atoms with Crippen LogP contribution >= 0.6 is 11.6 Å². The number of piperidine rings is 1. The summed E-state index contributed by atoms with van der Waals surface area (Å²) in [6.45, 7) is 1.89. The van der Waals surface area contributed by atoms with Gasteiger partial charge in [-0.1, -0.05) is 17.7 Å².